The Bertz CT molecular complexity index is 893. The lowest BCUT2D eigenvalue weighted by molar-refractivity contribution is 0.0827. The molecular weight excluding hydrogens is 392 g/mol. The number of aliphatic imine (C=N–C) groups is 1. The van der Waals surface area contributed by atoms with Gasteiger partial charge in [0.1, 0.15) is 5.82 Å². The standard InChI is InChI=1S/C23H32N6O2/c1-24-23(26-11-9-18-6-4-7-19(16-18)22(30)28(2)3)27-17-20-8-5-10-25-21(20)29-12-14-31-15-13-29/h4-8,10,16H,9,11-15,17H2,1-3H3,(H2,24,26,27). The number of rotatable bonds is 7. The van der Waals surface area contributed by atoms with E-state index in [2.05, 4.69) is 31.6 Å². The summed E-state index contributed by atoms with van der Waals surface area (Å²) in [4.78, 5) is 24.9. The third-order valence-electron chi connectivity index (χ3n) is 5.13. The molecule has 1 saturated heterocycles. The lowest BCUT2D eigenvalue weighted by Crippen LogP contribution is -2.40. The van der Waals surface area contributed by atoms with Crippen molar-refractivity contribution < 1.29 is 9.53 Å². The molecular formula is C23H32N6O2. The summed E-state index contributed by atoms with van der Waals surface area (Å²) in [6.07, 6.45) is 2.62. The Kier molecular flexibility index (Phi) is 8.23. The maximum absolute atomic E-state index is 12.2. The predicted molar refractivity (Wildman–Crippen MR) is 124 cm³/mol. The highest BCUT2D eigenvalue weighted by Gasteiger charge is 2.16. The van der Waals surface area contributed by atoms with Gasteiger partial charge in [0.2, 0.25) is 0 Å². The van der Waals surface area contributed by atoms with Gasteiger partial charge in [0, 0.05) is 64.6 Å². The molecule has 0 atom stereocenters. The Hall–Kier alpha value is -3.13. The fourth-order valence-corrected chi connectivity index (χ4v) is 3.47. The number of ether oxygens (including phenoxy) is 1. The molecule has 1 aromatic heterocycles. The highest BCUT2D eigenvalue weighted by Crippen LogP contribution is 2.18. The molecule has 0 aliphatic carbocycles. The normalized spacial score (nSPS) is 14.3. The lowest BCUT2D eigenvalue weighted by atomic mass is 10.1. The molecule has 166 valence electrons. The number of amides is 1. The fraction of sp³-hybridized carbons (Fsp3) is 0.435. The maximum Gasteiger partial charge on any atom is 0.253 e. The number of guanidine groups is 1. The van der Waals surface area contributed by atoms with E-state index in [4.69, 9.17) is 4.74 Å². The number of carbonyl (C=O) groups is 1. The Balaban J connectivity index is 1.52. The molecule has 1 aliphatic rings. The summed E-state index contributed by atoms with van der Waals surface area (Å²) in [5.41, 5.74) is 2.94. The van der Waals surface area contributed by atoms with E-state index in [0.717, 1.165) is 55.6 Å². The monoisotopic (exact) mass is 424 g/mol. The van der Waals surface area contributed by atoms with Crippen molar-refractivity contribution in [3.63, 3.8) is 0 Å². The van der Waals surface area contributed by atoms with Gasteiger partial charge in [-0.3, -0.25) is 9.79 Å². The van der Waals surface area contributed by atoms with Crippen LogP contribution in [0, 0.1) is 0 Å². The van der Waals surface area contributed by atoms with Crippen LogP contribution in [0.15, 0.2) is 47.6 Å². The molecule has 3 rings (SSSR count). The maximum atomic E-state index is 12.2. The second-order valence-electron chi connectivity index (χ2n) is 7.59. The van der Waals surface area contributed by atoms with Crippen molar-refractivity contribution >= 4 is 17.7 Å². The van der Waals surface area contributed by atoms with Crippen LogP contribution in [0.1, 0.15) is 21.5 Å². The molecule has 31 heavy (non-hydrogen) atoms. The molecule has 1 fully saturated rings. The second-order valence-corrected chi connectivity index (χ2v) is 7.59. The van der Waals surface area contributed by atoms with Crippen molar-refractivity contribution in [2.75, 3.05) is 58.9 Å². The largest absolute Gasteiger partial charge is 0.378 e. The van der Waals surface area contributed by atoms with E-state index in [-0.39, 0.29) is 5.91 Å². The highest BCUT2D eigenvalue weighted by atomic mass is 16.5. The molecule has 1 aromatic carbocycles. The molecule has 1 aliphatic heterocycles. The highest BCUT2D eigenvalue weighted by molar-refractivity contribution is 5.94. The molecule has 8 nitrogen and oxygen atoms in total. The zero-order chi connectivity index (χ0) is 22.1. The minimum Gasteiger partial charge on any atom is -0.378 e. The van der Waals surface area contributed by atoms with Gasteiger partial charge < -0.3 is 25.2 Å². The smallest absolute Gasteiger partial charge is 0.253 e. The first kappa shape index (κ1) is 22.6. The molecule has 0 unspecified atom stereocenters. The third kappa shape index (κ3) is 6.42. The number of benzene rings is 1. The van der Waals surface area contributed by atoms with Crippen LogP contribution in [0.3, 0.4) is 0 Å². The van der Waals surface area contributed by atoms with E-state index < -0.39 is 0 Å². The summed E-state index contributed by atoms with van der Waals surface area (Å²) in [6.45, 7) is 4.51. The molecule has 0 saturated carbocycles. The van der Waals surface area contributed by atoms with Gasteiger partial charge >= 0.3 is 0 Å². The Morgan fingerprint density at radius 3 is 2.74 bits per heavy atom. The Morgan fingerprint density at radius 2 is 2.00 bits per heavy atom. The van der Waals surface area contributed by atoms with Gasteiger partial charge in [-0.25, -0.2) is 4.98 Å². The number of anilines is 1. The number of pyridine rings is 1. The minimum atomic E-state index is 0.0137. The quantitative estimate of drug-likeness (QED) is 0.518. The van der Waals surface area contributed by atoms with Crippen molar-refractivity contribution in [3.8, 4) is 0 Å². The predicted octanol–water partition coefficient (Wildman–Crippen LogP) is 1.53. The topological polar surface area (TPSA) is 82.1 Å². The summed E-state index contributed by atoms with van der Waals surface area (Å²) in [7, 11) is 5.29. The molecule has 0 radical (unpaired) electrons. The van der Waals surface area contributed by atoms with Crippen LogP contribution in [0.5, 0.6) is 0 Å². The number of hydrogen-bond donors (Lipinski definition) is 2. The van der Waals surface area contributed by atoms with Crippen molar-refractivity contribution in [1.29, 1.82) is 0 Å². The first-order chi connectivity index (χ1) is 15.1. The average Bonchev–Trinajstić information content (AvgIpc) is 2.81. The molecule has 2 heterocycles. The number of nitrogens with zero attached hydrogens (tertiary/aromatic N) is 4. The SMILES string of the molecule is CN=C(NCCc1cccc(C(=O)N(C)C)c1)NCc1cccnc1N1CCOCC1. The zero-order valence-electron chi connectivity index (χ0n) is 18.6. The van der Waals surface area contributed by atoms with Gasteiger partial charge in [-0.15, -0.1) is 0 Å². The number of carbonyl (C=O) groups excluding carboxylic acids is 1. The van der Waals surface area contributed by atoms with Crippen LogP contribution in [0.4, 0.5) is 5.82 Å². The van der Waals surface area contributed by atoms with Gasteiger partial charge in [0.15, 0.2) is 5.96 Å². The van der Waals surface area contributed by atoms with E-state index >= 15 is 0 Å². The van der Waals surface area contributed by atoms with Gasteiger partial charge in [0.05, 0.1) is 13.2 Å². The van der Waals surface area contributed by atoms with Crippen LogP contribution in [0.25, 0.3) is 0 Å². The zero-order valence-corrected chi connectivity index (χ0v) is 18.6. The Labute approximate surface area is 184 Å². The van der Waals surface area contributed by atoms with Crippen LogP contribution in [-0.4, -0.2) is 75.7 Å². The van der Waals surface area contributed by atoms with E-state index in [9.17, 15) is 4.79 Å². The van der Waals surface area contributed by atoms with Crippen LogP contribution >= 0.6 is 0 Å². The van der Waals surface area contributed by atoms with Crippen LogP contribution in [-0.2, 0) is 17.7 Å². The van der Waals surface area contributed by atoms with Crippen molar-refractivity contribution in [1.82, 2.24) is 20.5 Å². The Morgan fingerprint density at radius 1 is 1.19 bits per heavy atom. The molecule has 0 bridgehead atoms. The van der Waals surface area contributed by atoms with Crippen molar-refractivity contribution in [2.24, 2.45) is 4.99 Å². The summed E-state index contributed by atoms with van der Waals surface area (Å²) < 4.78 is 5.45. The number of nitrogens with one attached hydrogen (secondary N) is 2. The summed E-state index contributed by atoms with van der Waals surface area (Å²) in [5.74, 6) is 1.74. The summed E-state index contributed by atoms with van der Waals surface area (Å²) in [5, 5.41) is 6.72. The van der Waals surface area contributed by atoms with Crippen LogP contribution in [0.2, 0.25) is 0 Å². The van der Waals surface area contributed by atoms with Gasteiger partial charge in [-0.05, 0) is 30.2 Å². The molecule has 8 heteroatoms. The van der Waals surface area contributed by atoms with E-state index in [1.165, 1.54) is 0 Å². The molecule has 1 amide bonds. The summed E-state index contributed by atoms with van der Waals surface area (Å²) >= 11 is 0. The fourth-order valence-electron chi connectivity index (χ4n) is 3.47. The third-order valence-corrected chi connectivity index (χ3v) is 5.13. The van der Waals surface area contributed by atoms with Crippen molar-refractivity contribution in [2.45, 2.75) is 13.0 Å². The minimum absolute atomic E-state index is 0.0137. The van der Waals surface area contributed by atoms with Gasteiger partial charge in [0.25, 0.3) is 5.91 Å². The van der Waals surface area contributed by atoms with Gasteiger partial charge in [-0.2, -0.15) is 0 Å². The lowest BCUT2D eigenvalue weighted by Gasteiger charge is -2.29. The second kappa shape index (κ2) is 11.3. The van der Waals surface area contributed by atoms with Crippen molar-refractivity contribution in [3.05, 3.63) is 59.3 Å². The van der Waals surface area contributed by atoms with E-state index in [1.54, 1.807) is 26.0 Å². The van der Waals surface area contributed by atoms with Gasteiger partial charge in [-0.1, -0.05) is 18.2 Å². The molecule has 2 aromatic rings. The molecule has 0 spiro atoms. The average molecular weight is 425 g/mol. The van der Waals surface area contributed by atoms with E-state index in [1.807, 2.05) is 36.5 Å². The number of hydrogen-bond acceptors (Lipinski definition) is 5. The van der Waals surface area contributed by atoms with Crippen LogP contribution < -0.4 is 15.5 Å². The van der Waals surface area contributed by atoms with E-state index in [0.29, 0.717) is 18.7 Å². The first-order valence-corrected chi connectivity index (χ1v) is 10.6. The molecule has 2 N–H and O–H groups in total. The first-order valence-electron chi connectivity index (χ1n) is 10.6. The number of aromatic nitrogens is 1. The number of morpholine rings is 1. The summed E-state index contributed by atoms with van der Waals surface area (Å²) in [6, 6.07) is 11.8.